The van der Waals surface area contributed by atoms with Gasteiger partial charge in [-0.05, 0) is 45.1 Å². The SMILES string of the molecule is CCOC(=O)C1CCN(C(=O)NC2CCN(Cc3cccc(C)c3)CC2)CC1. The second-order valence-electron chi connectivity index (χ2n) is 8.00. The van der Waals surface area contributed by atoms with Gasteiger partial charge in [0, 0.05) is 38.8 Å². The fraction of sp³-hybridized carbons (Fsp3) is 0.636. The highest BCUT2D eigenvalue weighted by molar-refractivity contribution is 5.76. The molecule has 0 aliphatic carbocycles. The molecule has 0 saturated carbocycles. The minimum Gasteiger partial charge on any atom is -0.466 e. The van der Waals surface area contributed by atoms with E-state index >= 15 is 0 Å². The van der Waals surface area contributed by atoms with E-state index in [1.54, 1.807) is 0 Å². The summed E-state index contributed by atoms with van der Waals surface area (Å²) in [6.07, 6.45) is 3.36. The number of esters is 1. The maximum Gasteiger partial charge on any atom is 0.317 e. The Kier molecular flexibility index (Phi) is 7.31. The first kappa shape index (κ1) is 20.6. The number of urea groups is 1. The van der Waals surface area contributed by atoms with E-state index in [1.165, 1.54) is 11.1 Å². The van der Waals surface area contributed by atoms with Gasteiger partial charge in [0.25, 0.3) is 0 Å². The van der Waals surface area contributed by atoms with Crippen LogP contribution in [0.25, 0.3) is 0 Å². The number of aryl methyl sites for hydroxylation is 1. The lowest BCUT2D eigenvalue weighted by molar-refractivity contribution is -0.149. The fourth-order valence-corrected chi connectivity index (χ4v) is 4.15. The Bertz CT molecular complexity index is 663. The molecule has 154 valence electrons. The van der Waals surface area contributed by atoms with E-state index in [0.29, 0.717) is 32.5 Å². The fourth-order valence-electron chi connectivity index (χ4n) is 4.15. The predicted molar refractivity (Wildman–Crippen MR) is 109 cm³/mol. The van der Waals surface area contributed by atoms with Crippen molar-refractivity contribution >= 4 is 12.0 Å². The molecule has 0 bridgehead atoms. The van der Waals surface area contributed by atoms with Crippen LogP contribution in [0.4, 0.5) is 4.79 Å². The molecule has 0 radical (unpaired) electrons. The Morgan fingerprint density at radius 2 is 1.82 bits per heavy atom. The van der Waals surface area contributed by atoms with E-state index in [4.69, 9.17) is 4.74 Å². The van der Waals surface area contributed by atoms with Crippen molar-refractivity contribution in [1.82, 2.24) is 15.1 Å². The molecule has 28 heavy (non-hydrogen) atoms. The summed E-state index contributed by atoms with van der Waals surface area (Å²) in [5, 5.41) is 3.20. The summed E-state index contributed by atoms with van der Waals surface area (Å²) in [7, 11) is 0. The van der Waals surface area contributed by atoms with Gasteiger partial charge in [0.15, 0.2) is 0 Å². The summed E-state index contributed by atoms with van der Waals surface area (Å²) in [4.78, 5) is 28.7. The lowest BCUT2D eigenvalue weighted by atomic mass is 9.97. The van der Waals surface area contributed by atoms with Crippen molar-refractivity contribution in [3.05, 3.63) is 35.4 Å². The zero-order valence-corrected chi connectivity index (χ0v) is 17.2. The molecule has 0 aromatic heterocycles. The average Bonchev–Trinajstić information content (AvgIpc) is 2.70. The van der Waals surface area contributed by atoms with E-state index < -0.39 is 0 Å². The number of hydrogen-bond acceptors (Lipinski definition) is 4. The number of amides is 2. The monoisotopic (exact) mass is 387 g/mol. The zero-order chi connectivity index (χ0) is 19.9. The Hall–Kier alpha value is -2.08. The molecule has 6 heteroatoms. The second-order valence-corrected chi connectivity index (χ2v) is 8.00. The first-order chi connectivity index (χ1) is 13.5. The van der Waals surface area contributed by atoms with Gasteiger partial charge in [-0.1, -0.05) is 29.8 Å². The Labute approximate surface area is 168 Å². The first-order valence-corrected chi connectivity index (χ1v) is 10.5. The highest BCUT2D eigenvalue weighted by Gasteiger charge is 2.29. The van der Waals surface area contributed by atoms with Crippen LogP contribution in [0.2, 0.25) is 0 Å². The predicted octanol–water partition coefficient (Wildman–Crippen LogP) is 2.94. The van der Waals surface area contributed by atoms with E-state index in [0.717, 1.165) is 32.5 Å². The van der Waals surface area contributed by atoms with Crippen molar-refractivity contribution in [3.8, 4) is 0 Å². The number of hydrogen-bond donors (Lipinski definition) is 1. The molecule has 1 N–H and O–H groups in total. The number of nitrogens with zero attached hydrogens (tertiary/aromatic N) is 2. The lowest BCUT2D eigenvalue weighted by Crippen LogP contribution is -2.51. The van der Waals surface area contributed by atoms with Crippen molar-refractivity contribution in [2.24, 2.45) is 5.92 Å². The lowest BCUT2D eigenvalue weighted by Gasteiger charge is -2.35. The third-order valence-electron chi connectivity index (χ3n) is 5.81. The van der Waals surface area contributed by atoms with Gasteiger partial charge in [-0.25, -0.2) is 4.79 Å². The molecular weight excluding hydrogens is 354 g/mol. The minimum absolute atomic E-state index is 0.0134. The van der Waals surface area contributed by atoms with Gasteiger partial charge >= 0.3 is 12.0 Å². The smallest absolute Gasteiger partial charge is 0.317 e. The molecule has 2 amide bonds. The summed E-state index contributed by atoms with van der Waals surface area (Å²) in [6, 6.07) is 8.92. The number of piperidine rings is 2. The van der Waals surface area contributed by atoms with Gasteiger partial charge in [0.05, 0.1) is 12.5 Å². The Morgan fingerprint density at radius 1 is 1.11 bits per heavy atom. The third kappa shape index (κ3) is 5.71. The number of carbonyl (C=O) groups is 2. The highest BCUT2D eigenvalue weighted by Crippen LogP contribution is 2.20. The van der Waals surface area contributed by atoms with Gasteiger partial charge in [-0.3, -0.25) is 9.69 Å². The van der Waals surface area contributed by atoms with E-state index in [2.05, 4.69) is 41.4 Å². The zero-order valence-electron chi connectivity index (χ0n) is 17.2. The van der Waals surface area contributed by atoms with Crippen molar-refractivity contribution in [2.75, 3.05) is 32.8 Å². The number of rotatable bonds is 5. The summed E-state index contributed by atoms with van der Waals surface area (Å²) in [5.74, 6) is -0.183. The third-order valence-corrected chi connectivity index (χ3v) is 5.81. The minimum atomic E-state index is -0.122. The summed E-state index contributed by atoms with van der Waals surface area (Å²) >= 11 is 0. The molecule has 0 unspecified atom stereocenters. The number of ether oxygens (including phenoxy) is 1. The quantitative estimate of drug-likeness (QED) is 0.789. The molecule has 1 aromatic rings. The van der Waals surface area contributed by atoms with Crippen LogP contribution in [0, 0.1) is 12.8 Å². The maximum atomic E-state index is 12.6. The van der Waals surface area contributed by atoms with Crippen molar-refractivity contribution in [2.45, 2.75) is 52.1 Å². The highest BCUT2D eigenvalue weighted by atomic mass is 16.5. The molecule has 2 saturated heterocycles. The number of carbonyl (C=O) groups excluding carboxylic acids is 2. The van der Waals surface area contributed by atoms with Crippen LogP contribution in [-0.2, 0) is 16.1 Å². The van der Waals surface area contributed by atoms with Crippen LogP contribution in [0.1, 0.15) is 43.7 Å². The maximum absolute atomic E-state index is 12.6. The van der Waals surface area contributed by atoms with Gasteiger partial charge in [0.2, 0.25) is 0 Å². The van der Waals surface area contributed by atoms with Gasteiger partial charge < -0.3 is 15.0 Å². The number of likely N-dealkylation sites (tertiary alicyclic amines) is 2. The van der Waals surface area contributed by atoms with E-state index in [-0.39, 0.29) is 24.0 Å². The van der Waals surface area contributed by atoms with Crippen LogP contribution in [0.3, 0.4) is 0 Å². The average molecular weight is 388 g/mol. The number of benzene rings is 1. The normalized spacial score (nSPS) is 19.4. The van der Waals surface area contributed by atoms with Crippen LogP contribution in [0.15, 0.2) is 24.3 Å². The molecule has 0 spiro atoms. The summed E-state index contributed by atoms with van der Waals surface area (Å²) in [6.45, 7) is 8.61. The standard InChI is InChI=1S/C22H33N3O3/c1-3-28-21(26)19-7-13-25(14-8-19)22(27)23-20-9-11-24(12-10-20)16-18-6-4-5-17(2)15-18/h4-6,15,19-20H,3,7-14,16H2,1-2H3,(H,23,27). The van der Waals surface area contributed by atoms with Crippen molar-refractivity contribution < 1.29 is 14.3 Å². The summed E-state index contributed by atoms with van der Waals surface area (Å²) < 4.78 is 5.10. The Balaban J connectivity index is 1.38. The van der Waals surface area contributed by atoms with Crippen molar-refractivity contribution in [3.63, 3.8) is 0 Å². The molecule has 2 aliphatic heterocycles. The second kappa shape index (κ2) is 9.92. The molecule has 6 nitrogen and oxygen atoms in total. The van der Waals surface area contributed by atoms with E-state index in [9.17, 15) is 9.59 Å². The van der Waals surface area contributed by atoms with Gasteiger partial charge in [0.1, 0.15) is 0 Å². The van der Waals surface area contributed by atoms with Crippen LogP contribution >= 0.6 is 0 Å². The summed E-state index contributed by atoms with van der Waals surface area (Å²) in [5.41, 5.74) is 2.65. The van der Waals surface area contributed by atoms with Crippen LogP contribution < -0.4 is 5.32 Å². The van der Waals surface area contributed by atoms with Crippen molar-refractivity contribution in [1.29, 1.82) is 0 Å². The van der Waals surface area contributed by atoms with E-state index in [1.807, 2.05) is 11.8 Å². The molecule has 0 atom stereocenters. The molecule has 2 heterocycles. The van der Waals surface area contributed by atoms with Gasteiger partial charge in [-0.2, -0.15) is 0 Å². The van der Waals surface area contributed by atoms with Gasteiger partial charge in [-0.15, -0.1) is 0 Å². The number of nitrogens with one attached hydrogen (secondary N) is 1. The molecule has 2 fully saturated rings. The first-order valence-electron chi connectivity index (χ1n) is 10.5. The van der Waals surface area contributed by atoms with Crippen LogP contribution in [0.5, 0.6) is 0 Å². The van der Waals surface area contributed by atoms with Crippen LogP contribution in [-0.4, -0.2) is 60.6 Å². The largest absolute Gasteiger partial charge is 0.466 e. The topological polar surface area (TPSA) is 61.9 Å². The molecular formula is C22H33N3O3. The Morgan fingerprint density at radius 3 is 2.46 bits per heavy atom. The molecule has 2 aliphatic rings. The molecule has 1 aromatic carbocycles. The molecule has 3 rings (SSSR count).